The summed E-state index contributed by atoms with van der Waals surface area (Å²) in [5.41, 5.74) is 0.492. The Morgan fingerprint density at radius 2 is 1.86 bits per heavy atom. The SMILES string of the molecule is CC(C)CC(CO)NC(=O)CNC(=O)c1ccc(Br)cc1. The minimum Gasteiger partial charge on any atom is -0.394 e. The Labute approximate surface area is 133 Å². The molecule has 0 heterocycles. The summed E-state index contributed by atoms with van der Waals surface area (Å²) >= 11 is 3.29. The smallest absolute Gasteiger partial charge is 0.251 e. The van der Waals surface area contributed by atoms with Crippen LogP contribution in [0.25, 0.3) is 0 Å². The minimum absolute atomic E-state index is 0.107. The van der Waals surface area contributed by atoms with Crippen molar-refractivity contribution in [3.8, 4) is 0 Å². The predicted molar refractivity (Wildman–Crippen MR) is 84.9 cm³/mol. The summed E-state index contributed by atoms with van der Waals surface area (Å²) in [5.74, 6) is -0.234. The molecule has 3 N–H and O–H groups in total. The van der Waals surface area contributed by atoms with Gasteiger partial charge >= 0.3 is 0 Å². The van der Waals surface area contributed by atoms with Gasteiger partial charge in [-0.05, 0) is 36.6 Å². The molecule has 0 spiro atoms. The third kappa shape index (κ3) is 6.73. The number of carbonyl (C=O) groups excluding carboxylic acids is 2. The highest BCUT2D eigenvalue weighted by molar-refractivity contribution is 9.10. The van der Waals surface area contributed by atoms with Crippen molar-refractivity contribution in [3.05, 3.63) is 34.3 Å². The van der Waals surface area contributed by atoms with Crippen molar-refractivity contribution in [1.29, 1.82) is 0 Å². The summed E-state index contributed by atoms with van der Waals surface area (Å²) in [5, 5.41) is 14.5. The van der Waals surface area contributed by atoms with Gasteiger partial charge in [0.2, 0.25) is 5.91 Å². The number of rotatable bonds is 7. The molecule has 0 fully saturated rings. The second-order valence-electron chi connectivity index (χ2n) is 5.27. The first-order chi connectivity index (χ1) is 9.92. The zero-order valence-electron chi connectivity index (χ0n) is 12.2. The number of nitrogens with one attached hydrogen (secondary N) is 2. The van der Waals surface area contributed by atoms with Crippen LogP contribution >= 0.6 is 15.9 Å². The van der Waals surface area contributed by atoms with E-state index < -0.39 is 0 Å². The lowest BCUT2D eigenvalue weighted by molar-refractivity contribution is -0.121. The number of benzene rings is 1. The van der Waals surface area contributed by atoms with Crippen molar-refractivity contribution in [2.24, 2.45) is 5.92 Å². The Morgan fingerprint density at radius 1 is 1.24 bits per heavy atom. The number of hydrogen-bond donors (Lipinski definition) is 3. The fraction of sp³-hybridized carbons (Fsp3) is 0.467. The topological polar surface area (TPSA) is 78.4 Å². The van der Waals surface area contributed by atoms with Crippen LogP contribution in [0, 0.1) is 5.92 Å². The van der Waals surface area contributed by atoms with E-state index >= 15 is 0 Å². The molecule has 6 heteroatoms. The van der Waals surface area contributed by atoms with Crippen molar-refractivity contribution in [3.63, 3.8) is 0 Å². The van der Waals surface area contributed by atoms with E-state index in [1.54, 1.807) is 24.3 Å². The summed E-state index contributed by atoms with van der Waals surface area (Å²) in [6.07, 6.45) is 0.697. The molecule has 116 valence electrons. The highest BCUT2D eigenvalue weighted by atomic mass is 79.9. The molecule has 1 rings (SSSR count). The van der Waals surface area contributed by atoms with Gasteiger partial charge < -0.3 is 15.7 Å². The van der Waals surface area contributed by atoms with Crippen molar-refractivity contribution >= 4 is 27.7 Å². The first-order valence-electron chi connectivity index (χ1n) is 6.86. The summed E-state index contributed by atoms with van der Waals surface area (Å²) in [6.45, 7) is 3.82. The summed E-state index contributed by atoms with van der Waals surface area (Å²) in [7, 11) is 0. The van der Waals surface area contributed by atoms with E-state index in [1.165, 1.54) is 0 Å². The summed E-state index contributed by atoms with van der Waals surface area (Å²) < 4.78 is 0.885. The van der Waals surface area contributed by atoms with Crippen LogP contribution in [0.4, 0.5) is 0 Å². The highest BCUT2D eigenvalue weighted by Gasteiger charge is 2.14. The molecular weight excluding hydrogens is 336 g/mol. The number of aliphatic hydroxyl groups excluding tert-OH is 1. The quantitative estimate of drug-likeness (QED) is 0.695. The van der Waals surface area contributed by atoms with E-state index in [9.17, 15) is 14.7 Å². The standard InChI is InChI=1S/C15H21BrN2O3/c1-10(2)7-13(9-19)18-14(20)8-17-15(21)11-3-5-12(16)6-4-11/h3-6,10,13,19H,7-9H2,1-2H3,(H,17,21)(H,18,20). The lowest BCUT2D eigenvalue weighted by atomic mass is 10.0. The average molecular weight is 357 g/mol. The molecule has 0 aromatic heterocycles. The lowest BCUT2D eigenvalue weighted by Gasteiger charge is -2.18. The maximum Gasteiger partial charge on any atom is 0.251 e. The third-order valence-electron chi connectivity index (χ3n) is 2.86. The number of halogens is 1. The molecule has 0 aliphatic rings. The van der Waals surface area contributed by atoms with E-state index in [-0.39, 0.29) is 31.0 Å². The number of aliphatic hydroxyl groups is 1. The molecular formula is C15H21BrN2O3. The first kappa shape index (κ1) is 17.7. The van der Waals surface area contributed by atoms with Gasteiger partial charge in [0.25, 0.3) is 5.91 Å². The maximum absolute atomic E-state index is 11.8. The van der Waals surface area contributed by atoms with Gasteiger partial charge in [-0.15, -0.1) is 0 Å². The molecule has 1 atom stereocenters. The molecule has 0 aliphatic heterocycles. The van der Waals surface area contributed by atoms with Gasteiger partial charge in [0, 0.05) is 10.0 Å². The van der Waals surface area contributed by atoms with Gasteiger partial charge in [-0.2, -0.15) is 0 Å². The van der Waals surface area contributed by atoms with E-state index in [0.29, 0.717) is 17.9 Å². The molecule has 0 saturated carbocycles. The molecule has 0 bridgehead atoms. The molecule has 5 nitrogen and oxygen atoms in total. The third-order valence-corrected chi connectivity index (χ3v) is 3.39. The molecule has 0 saturated heterocycles. The zero-order chi connectivity index (χ0) is 15.8. The summed E-state index contributed by atoms with van der Waals surface area (Å²) in [6, 6.07) is 6.60. The predicted octanol–water partition coefficient (Wildman–Crippen LogP) is 1.70. The second kappa shape index (κ2) is 8.79. The van der Waals surface area contributed by atoms with Gasteiger partial charge in [-0.3, -0.25) is 9.59 Å². The van der Waals surface area contributed by atoms with E-state index in [1.807, 2.05) is 13.8 Å². The molecule has 1 unspecified atom stereocenters. The van der Waals surface area contributed by atoms with Crippen molar-refractivity contribution in [2.75, 3.05) is 13.2 Å². The maximum atomic E-state index is 11.8. The molecule has 1 aromatic rings. The van der Waals surface area contributed by atoms with Gasteiger partial charge in [-0.25, -0.2) is 0 Å². The Kier molecular flexibility index (Phi) is 7.39. The van der Waals surface area contributed by atoms with Crippen LogP contribution in [0.5, 0.6) is 0 Å². The first-order valence-corrected chi connectivity index (χ1v) is 7.65. The van der Waals surface area contributed by atoms with Crippen LogP contribution < -0.4 is 10.6 Å². The Bertz CT molecular complexity index is 474. The highest BCUT2D eigenvalue weighted by Crippen LogP contribution is 2.10. The van der Waals surface area contributed by atoms with Crippen LogP contribution in [0.2, 0.25) is 0 Å². The van der Waals surface area contributed by atoms with Crippen LogP contribution in [0.15, 0.2) is 28.7 Å². The molecule has 1 aromatic carbocycles. The zero-order valence-corrected chi connectivity index (χ0v) is 13.8. The lowest BCUT2D eigenvalue weighted by Crippen LogP contribution is -2.44. The molecule has 2 amide bonds. The minimum atomic E-state index is -0.305. The van der Waals surface area contributed by atoms with Gasteiger partial charge in [0.15, 0.2) is 0 Å². The Hall–Kier alpha value is -1.40. The van der Waals surface area contributed by atoms with Crippen LogP contribution in [0.1, 0.15) is 30.6 Å². The van der Waals surface area contributed by atoms with Gasteiger partial charge in [-0.1, -0.05) is 29.8 Å². The van der Waals surface area contributed by atoms with Crippen molar-refractivity contribution < 1.29 is 14.7 Å². The van der Waals surface area contributed by atoms with E-state index in [0.717, 1.165) is 4.47 Å². The van der Waals surface area contributed by atoms with Gasteiger partial charge in [0.1, 0.15) is 0 Å². The molecule has 0 radical (unpaired) electrons. The molecule has 21 heavy (non-hydrogen) atoms. The number of carbonyl (C=O) groups is 2. The van der Waals surface area contributed by atoms with Gasteiger partial charge in [0.05, 0.1) is 19.2 Å². The monoisotopic (exact) mass is 356 g/mol. The average Bonchev–Trinajstić information content (AvgIpc) is 2.44. The van der Waals surface area contributed by atoms with Crippen molar-refractivity contribution in [2.45, 2.75) is 26.3 Å². The van der Waals surface area contributed by atoms with E-state index in [2.05, 4.69) is 26.6 Å². The fourth-order valence-electron chi connectivity index (χ4n) is 1.89. The van der Waals surface area contributed by atoms with E-state index in [4.69, 9.17) is 0 Å². The second-order valence-corrected chi connectivity index (χ2v) is 6.18. The van der Waals surface area contributed by atoms with Crippen LogP contribution in [-0.4, -0.2) is 36.1 Å². The summed E-state index contributed by atoms with van der Waals surface area (Å²) in [4.78, 5) is 23.6. The molecule has 0 aliphatic carbocycles. The van der Waals surface area contributed by atoms with Crippen LogP contribution in [0.3, 0.4) is 0 Å². The van der Waals surface area contributed by atoms with Crippen LogP contribution in [-0.2, 0) is 4.79 Å². The largest absolute Gasteiger partial charge is 0.394 e. The Balaban J connectivity index is 2.41. The number of amides is 2. The van der Waals surface area contributed by atoms with Crippen molar-refractivity contribution in [1.82, 2.24) is 10.6 Å². The normalized spacial score (nSPS) is 12.0. The Morgan fingerprint density at radius 3 is 2.38 bits per heavy atom. The number of hydrogen-bond acceptors (Lipinski definition) is 3. The fourth-order valence-corrected chi connectivity index (χ4v) is 2.16.